The highest BCUT2D eigenvalue weighted by Crippen LogP contribution is 2.39. The number of hydrogen-bond acceptors (Lipinski definition) is 8. The maximum Gasteiger partial charge on any atom is 0.326 e. The molecule has 0 aliphatic heterocycles. The molecule has 0 radical (unpaired) electrons. The van der Waals surface area contributed by atoms with Gasteiger partial charge in [0.15, 0.2) is 0 Å². The molecule has 1 atom stereocenters. The predicted octanol–water partition coefficient (Wildman–Crippen LogP) is 8.21. The summed E-state index contributed by atoms with van der Waals surface area (Å²) in [6.45, 7) is 5.96. The molecule has 4 aromatic rings. The Bertz CT molecular complexity index is 1820. The van der Waals surface area contributed by atoms with E-state index in [0.717, 1.165) is 34.0 Å². The third-order valence-electron chi connectivity index (χ3n) is 8.26. The Labute approximate surface area is 305 Å². The number of ether oxygens (including phenoxy) is 3. The number of carboxylic acid groups (broad SMARTS) is 1. The van der Waals surface area contributed by atoms with Crippen molar-refractivity contribution in [1.82, 2.24) is 9.88 Å². The smallest absolute Gasteiger partial charge is 0.326 e. The van der Waals surface area contributed by atoms with Crippen LogP contribution in [-0.4, -0.2) is 56.7 Å². The zero-order chi connectivity index (χ0) is 35.6. The maximum absolute atomic E-state index is 12.1. The average molecular weight is 772 g/mol. The van der Waals surface area contributed by atoms with Crippen LogP contribution in [0.25, 0.3) is 11.1 Å². The monoisotopic (exact) mass is 769 g/mol. The molecule has 258 valence electrons. The van der Waals surface area contributed by atoms with E-state index < -0.39 is 18.1 Å². The largest absolute Gasteiger partial charge is 0.492 e. The predicted molar refractivity (Wildman–Crippen MR) is 194 cm³/mol. The lowest BCUT2D eigenvalue weighted by Crippen LogP contribution is -2.54. The van der Waals surface area contributed by atoms with Crippen LogP contribution in [0.5, 0.6) is 17.2 Å². The average Bonchev–Trinajstić information content (AvgIpc) is 3.10. The van der Waals surface area contributed by atoms with E-state index >= 15 is 0 Å². The summed E-state index contributed by atoms with van der Waals surface area (Å²) in [7, 11) is 0. The lowest BCUT2D eigenvalue weighted by Gasteiger charge is -2.36. The van der Waals surface area contributed by atoms with Crippen LogP contribution in [0.4, 0.5) is 0 Å². The first-order valence-electron chi connectivity index (χ1n) is 15.6. The third kappa shape index (κ3) is 9.24. The van der Waals surface area contributed by atoms with Crippen molar-refractivity contribution in [3.8, 4) is 34.4 Å². The number of carbonyl (C=O) groups is 1. The van der Waals surface area contributed by atoms with Gasteiger partial charge in [-0.2, -0.15) is 5.26 Å². The fourth-order valence-electron chi connectivity index (χ4n) is 5.23. The van der Waals surface area contributed by atoms with Crippen LogP contribution in [0, 0.1) is 18.3 Å². The van der Waals surface area contributed by atoms with Gasteiger partial charge in [-0.05, 0) is 61.7 Å². The Morgan fingerprint density at radius 3 is 2.43 bits per heavy atom. The first-order chi connectivity index (χ1) is 23.6. The summed E-state index contributed by atoms with van der Waals surface area (Å²) < 4.78 is 18.4. The first-order valence-corrected chi connectivity index (χ1v) is 17.5. The minimum Gasteiger partial charge on any atom is -0.492 e. The molecule has 1 heterocycles. The van der Waals surface area contributed by atoms with E-state index in [0.29, 0.717) is 57.1 Å². The number of nitriles is 1. The lowest BCUT2D eigenvalue weighted by atomic mass is 9.96. The number of likely N-dealkylation sites (N-methyl/N-ethyl adjacent to an activating group) is 1. The molecule has 0 saturated heterocycles. The van der Waals surface area contributed by atoms with Gasteiger partial charge in [-0.15, -0.1) is 0 Å². The third-order valence-corrected chi connectivity index (χ3v) is 9.51. The Morgan fingerprint density at radius 2 is 1.73 bits per heavy atom. The molecule has 49 heavy (non-hydrogen) atoms. The van der Waals surface area contributed by atoms with Crippen molar-refractivity contribution in [2.24, 2.45) is 0 Å². The number of pyridine rings is 1. The minimum absolute atomic E-state index is 0.0831. The Morgan fingerprint density at radius 1 is 1.00 bits per heavy atom. The second-order valence-electron chi connectivity index (χ2n) is 11.5. The molecule has 1 unspecified atom stereocenters. The number of aliphatic hydroxyl groups is 1. The fourth-order valence-corrected chi connectivity index (χ4v) is 5.98. The van der Waals surface area contributed by atoms with E-state index in [1.807, 2.05) is 50.2 Å². The van der Waals surface area contributed by atoms with Gasteiger partial charge in [0.1, 0.15) is 42.1 Å². The standard InChI is InChI=1S/C37H38BrCl2N3O6/c1-4-43(37(3,23-44)36(45)46)20-28-15-31(39)34(16-33(28)48-21-26-14-25(17-41)18-42-19-26)49-22-27-8-5-9-29(24(27)2)30-10-6-11-32(35(30)40)47-13-7-12-38/h5-6,8-11,14-16,18-19,44H,4,7,12-13,20-23H2,1-3H3,(H,45,46). The summed E-state index contributed by atoms with van der Waals surface area (Å²) in [5.41, 5.74) is 3.81. The van der Waals surface area contributed by atoms with Crippen LogP contribution in [0.2, 0.25) is 10.0 Å². The van der Waals surface area contributed by atoms with Gasteiger partial charge in [-0.25, -0.2) is 0 Å². The molecule has 2 N–H and O–H groups in total. The molecular formula is C37H38BrCl2N3O6. The Hall–Kier alpha value is -3.85. The summed E-state index contributed by atoms with van der Waals surface area (Å²) in [6, 6.07) is 18.8. The molecule has 0 aliphatic carbocycles. The first kappa shape index (κ1) is 38.0. The van der Waals surface area contributed by atoms with Crippen molar-refractivity contribution in [1.29, 1.82) is 5.26 Å². The number of rotatable bonds is 17. The van der Waals surface area contributed by atoms with Crippen molar-refractivity contribution in [2.75, 3.05) is 25.1 Å². The van der Waals surface area contributed by atoms with E-state index in [1.165, 1.54) is 13.1 Å². The highest BCUT2D eigenvalue weighted by Gasteiger charge is 2.38. The molecule has 3 aromatic carbocycles. The number of hydrogen-bond donors (Lipinski definition) is 2. The fraction of sp³-hybridized carbons (Fsp3) is 0.324. The van der Waals surface area contributed by atoms with Crippen LogP contribution in [0.15, 0.2) is 67.0 Å². The quantitative estimate of drug-likeness (QED) is 0.0807. The number of nitrogens with zero attached hydrogens (tertiary/aromatic N) is 3. The Kier molecular flexibility index (Phi) is 13.7. The zero-order valence-corrected chi connectivity index (χ0v) is 30.6. The van der Waals surface area contributed by atoms with Crippen molar-refractivity contribution in [3.63, 3.8) is 0 Å². The molecule has 4 rings (SSSR count). The summed E-state index contributed by atoms with van der Waals surface area (Å²) in [5.74, 6) is 0.234. The van der Waals surface area contributed by atoms with Crippen molar-refractivity contribution >= 4 is 45.1 Å². The Balaban J connectivity index is 1.64. The second-order valence-corrected chi connectivity index (χ2v) is 13.1. The number of aliphatic carboxylic acids is 1. The van der Waals surface area contributed by atoms with Crippen molar-refractivity contribution < 1.29 is 29.2 Å². The number of aliphatic hydroxyl groups excluding tert-OH is 1. The summed E-state index contributed by atoms with van der Waals surface area (Å²) >= 11 is 17.0. The SMILES string of the molecule is CCN(Cc1cc(Cl)c(OCc2cccc(-c3cccc(OCCCBr)c3Cl)c2C)cc1OCc1cncc(C#N)c1)C(C)(CO)C(=O)O. The van der Waals surface area contributed by atoms with Crippen LogP contribution in [-0.2, 0) is 24.6 Å². The molecule has 1 aromatic heterocycles. The van der Waals surface area contributed by atoms with E-state index in [-0.39, 0.29) is 19.8 Å². The highest BCUT2D eigenvalue weighted by atomic mass is 79.9. The molecule has 0 amide bonds. The number of halogens is 3. The van der Waals surface area contributed by atoms with Crippen LogP contribution >= 0.6 is 39.1 Å². The number of carboxylic acids is 1. The van der Waals surface area contributed by atoms with E-state index in [9.17, 15) is 20.3 Å². The van der Waals surface area contributed by atoms with Gasteiger partial charge in [0.05, 0.1) is 28.8 Å². The number of benzene rings is 3. The zero-order valence-electron chi connectivity index (χ0n) is 27.5. The molecule has 0 fully saturated rings. The van der Waals surface area contributed by atoms with Gasteiger partial charge in [-0.1, -0.05) is 76.4 Å². The number of alkyl halides is 1. The minimum atomic E-state index is -1.54. The van der Waals surface area contributed by atoms with Gasteiger partial charge in [0.2, 0.25) is 0 Å². The maximum atomic E-state index is 12.1. The van der Waals surface area contributed by atoms with Gasteiger partial charge >= 0.3 is 5.97 Å². The van der Waals surface area contributed by atoms with Gasteiger partial charge in [0, 0.05) is 47.0 Å². The van der Waals surface area contributed by atoms with Gasteiger partial charge in [-0.3, -0.25) is 14.7 Å². The highest BCUT2D eigenvalue weighted by molar-refractivity contribution is 9.09. The molecule has 0 spiro atoms. The molecular weight excluding hydrogens is 733 g/mol. The molecule has 0 saturated carbocycles. The summed E-state index contributed by atoms with van der Waals surface area (Å²) in [6.07, 6.45) is 3.92. The lowest BCUT2D eigenvalue weighted by molar-refractivity contribution is -0.153. The normalized spacial score (nSPS) is 12.3. The van der Waals surface area contributed by atoms with E-state index in [4.69, 9.17) is 37.4 Å². The van der Waals surface area contributed by atoms with E-state index in [1.54, 1.807) is 29.3 Å². The van der Waals surface area contributed by atoms with Gasteiger partial charge < -0.3 is 24.4 Å². The molecule has 0 bridgehead atoms. The second kappa shape index (κ2) is 17.7. The molecule has 9 nitrogen and oxygen atoms in total. The van der Waals surface area contributed by atoms with Crippen molar-refractivity contribution in [2.45, 2.75) is 52.5 Å². The van der Waals surface area contributed by atoms with Gasteiger partial charge in [0.25, 0.3) is 0 Å². The van der Waals surface area contributed by atoms with Crippen LogP contribution in [0.1, 0.15) is 48.1 Å². The topological polar surface area (TPSA) is 125 Å². The summed E-state index contributed by atoms with van der Waals surface area (Å²) in [5, 5.41) is 30.9. The van der Waals surface area contributed by atoms with E-state index in [2.05, 4.69) is 27.0 Å². The van der Waals surface area contributed by atoms with Crippen LogP contribution < -0.4 is 14.2 Å². The van der Waals surface area contributed by atoms with Crippen molar-refractivity contribution in [3.05, 3.63) is 105 Å². The number of aromatic nitrogens is 1. The molecule has 12 heteroatoms. The van der Waals surface area contributed by atoms with Crippen LogP contribution in [0.3, 0.4) is 0 Å². The molecule has 0 aliphatic rings. The summed E-state index contributed by atoms with van der Waals surface area (Å²) in [4.78, 5) is 17.9.